The second-order valence-electron chi connectivity index (χ2n) is 10.8. The Kier molecular flexibility index (Phi) is 12.5. The van der Waals surface area contributed by atoms with Crippen LogP contribution in [0, 0.1) is 0 Å². The van der Waals surface area contributed by atoms with E-state index in [-0.39, 0.29) is 24.2 Å². The highest BCUT2D eigenvalue weighted by molar-refractivity contribution is 5.19. The first-order valence-electron chi connectivity index (χ1n) is 14.7. The Morgan fingerprint density at radius 1 is 0.525 bits per heavy atom. The van der Waals surface area contributed by atoms with Crippen molar-refractivity contribution in [2.24, 2.45) is 0 Å². The molecule has 0 amide bonds. The fraction of sp³-hybridized carbons (Fsp3) is 0.471. The Morgan fingerprint density at radius 2 is 0.750 bits per heavy atom. The number of aromatic nitrogens is 2. The maximum absolute atomic E-state index is 5.20. The molecule has 0 fully saturated rings. The van der Waals surface area contributed by atoms with Crippen LogP contribution in [0.3, 0.4) is 0 Å². The smallest absolute Gasteiger partial charge is 0.0576 e. The molecule has 4 atom stereocenters. The van der Waals surface area contributed by atoms with Crippen LogP contribution in [0.4, 0.5) is 0 Å². The van der Waals surface area contributed by atoms with Crippen molar-refractivity contribution < 1.29 is 0 Å². The topological polar surface area (TPSA) is 38.7 Å². The summed E-state index contributed by atoms with van der Waals surface area (Å²) in [6.45, 7) is 31.9. The monoisotopic (exact) mass is 542 g/mol. The van der Waals surface area contributed by atoms with Crippen LogP contribution in [0.1, 0.15) is 74.6 Å². The van der Waals surface area contributed by atoms with Crippen LogP contribution in [-0.2, 0) is 0 Å². The minimum Gasteiger partial charge on any atom is -0.290 e. The summed E-state index contributed by atoms with van der Waals surface area (Å²) in [6, 6.07) is 13.5. The molecule has 2 aromatic rings. The minimum absolute atomic E-state index is 0.156. The second kappa shape index (κ2) is 15.8. The number of hydrogen-bond acceptors (Lipinski definition) is 6. The molecule has 1 aliphatic heterocycles. The molecule has 40 heavy (non-hydrogen) atoms. The minimum atomic E-state index is 0.156. The molecule has 3 heterocycles. The van der Waals surface area contributed by atoms with Crippen molar-refractivity contribution in [3.8, 4) is 0 Å². The van der Waals surface area contributed by atoms with Crippen molar-refractivity contribution in [1.82, 2.24) is 29.6 Å². The van der Waals surface area contributed by atoms with Gasteiger partial charge in [-0.15, -0.1) is 26.3 Å². The molecule has 0 saturated heterocycles. The molecule has 3 rings (SSSR count). The molecule has 4 unspecified atom stereocenters. The van der Waals surface area contributed by atoms with E-state index in [9.17, 15) is 0 Å². The van der Waals surface area contributed by atoms with E-state index in [2.05, 4.69) is 110 Å². The molecule has 0 radical (unpaired) electrons. The molecule has 6 heteroatoms. The lowest BCUT2D eigenvalue weighted by Crippen LogP contribution is -2.40. The molecule has 0 saturated carbocycles. The second-order valence-corrected chi connectivity index (χ2v) is 10.8. The van der Waals surface area contributed by atoms with Crippen LogP contribution in [-0.4, -0.2) is 81.9 Å². The quantitative estimate of drug-likeness (QED) is 0.360. The molecule has 0 aromatic carbocycles. The molecule has 4 bridgehead atoms. The lowest BCUT2D eigenvalue weighted by atomic mass is 10.1. The van der Waals surface area contributed by atoms with Crippen LogP contribution < -0.4 is 0 Å². The number of rotatable bonds is 8. The largest absolute Gasteiger partial charge is 0.290 e. The molecule has 6 nitrogen and oxygen atoms in total. The average Bonchev–Trinajstić information content (AvgIpc) is 2.98. The molecular weight excluding hydrogens is 492 g/mol. The average molecular weight is 543 g/mol. The van der Waals surface area contributed by atoms with E-state index < -0.39 is 0 Å². The Labute approximate surface area is 243 Å². The highest BCUT2D eigenvalue weighted by Crippen LogP contribution is 2.27. The Hall–Kier alpha value is -2.90. The van der Waals surface area contributed by atoms with Crippen molar-refractivity contribution in [2.75, 3.05) is 52.4 Å². The van der Waals surface area contributed by atoms with Gasteiger partial charge in [0.2, 0.25) is 0 Å². The van der Waals surface area contributed by atoms with Crippen LogP contribution in [0.15, 0.2) is 87.0 Å². The predicted octanol–water partition coefficient (Wildman–Crippen LogP) is 6.39. The molecule has 0 aliphatic carbocycles. The summed E-state index contributed by atoms with van der Waals surface area (Å²) < 4.78 is 0. The maximum atomic E-state index is 5.20. The summed E-state index contributed by atoms with van der Waals surface area (Å²) in [5.41, 5.74) is 4.35. The van der Waals surface area contributed by atoms with E-state index in [1.165, 1.54) is 0 Å². The third-order valence-corrected chi connectivity index (χ3v) is 8.29. The van der Waals surface area contributed by atoms with E-state index in [1.807, 2.05) is 24.3 Å². The van der Waals surface area contributed by atoms with Gasteiger partial charge in [-0.1, -0.05) is 36.4 Å². The lowest BCUT2D eigenvalue weighted by molar-refractivity contribution is 0.153. The summed E-state index contributed by atoms with van der Waals surface area (Å²) in [7, 11) is 0. The molecule has 0 N–H and O–H groups in total. The lowest BCUT2D eigenvalue weighted by Gasteiger charge is -2.35. The molecule has 0 spiro atoms. The van der Waals surface area contributed by atoms with Crippen molar-refractivity contribution in [2.45, 2.75) is 51.9 Å². The van der Waals surface area contributed by atoms with Crippen molar-refractivity contribution in [3.05, 3.63) is 110 Å². The normalized spacial score (nSPS) is 24.5. The SMILES string of the molecule is C=CCN1CCN(CC=C)C(C)c2cccc(n2)C(C)N(CC=C)CCN(CC=C)C(C)c2cccc(n2)C1C. The van der Waals surface area contributed by atoms with Gasteiger partial charge in [0, 0.05) is 76.5 Å². The number of hydrogen-bond donors (Lipinski definition) is 0. The Balaban J connectivity index is 2.07. The predicted molar refractivity (Wildman–Crippen MR) is 169 cm³/mol. The van der Waals surface area contributed by atoms with E-state index in [0.717, 1.165) is 75.1 Å². The summed E-state index contributed by atoms with van der Waals surface area (Å²) in [4.78, 5) is 20.2. The van der Waals surface area contributed by atoms with Gasteiger partial charge >= 0.3 is 0 Å². The van der Waals surface area contributed by atoms with Gasteiger partial charge in [0.1, 0.15) is 0 Å². The van der Waals surface area contributed by atoms with Gasteiger partial charge in [-0.3, -0.25) is 29.6 Å². The molecule has 1 aliphatic rings. The van der Waals surface area contributed by atoms with Crippen LogP contribution in [0.2, 0.25) is 0 Å². The first kappa shape index (κ1) is 31.6. The molecular formula is C34H50N6. The van der Waals surface area contributed by atoms with Crippen molar-refractivity contribution >= 4 is 0 Å². The highest BCUT2D eigenvalue weighted by atomic mass is 15.2. The van der Waals surface area contributed by atoms with E-state index in [0.29, 0.717) is 0 Å². The zero-order valence-corrected chi connectivity index (χ0v) is 25.3. The molecule has 2 aromatic heterocycles. The van der Waals surface area contributed by atoms with Crippen LogP contribution in [0.5, 0.6) is 0 Å². The zero-order chi connectivity index (χ0) is 29.1. The number of fused-ring (bicyclic) bond motifs is 4. The highest BCUT2D eigenvalue weighted by Gasteiger charge is 2.25. The molecule has 216 valence electrons. The third-order valence-electron chi connectivity index (χ3n) is 8.29. The van der Waals surface area contributed by atoms with Gasteiger partial charge in [0.15, 0.2) is 0 Å². The Morgan fingerprint density at radius 3 is 0.950 bits per heavy atom. The first-order chi connectivity index (χ1) is 19.3. The summed E-state index contributed by atoms with van der Waals surface area (Å²) in [6.07, 6.45) is 7.96. The van der Waals surface area contributed by atoms with Gasteiger partial charge in [0.25, 0.3) is 0 Å². The maximum Gasteiger partial charge on any atom is 0.0576 e. The fourth-order valence-corrected chi connectivity index (χ4v) is 5.57. The van der Waals surface area contributed by atoms with Gasteiger partial charge in [-0.25, -0.2) is 0 Å². The summed E-state index contributed by atoms with van der Waals surface area (Å²) in [5.74, 6) is 0. The van der Waals surface area contributed by atoms with E-state index in [1.54, 1.807) is 0 Å². The van der Waals surface area contributed by atoms with Gasteiger partial charge in [-0.05, 0) is 52.0 Å². The summed E-state index contributed by atoms with van der Waals surface area (Å²) in [5, 5.41) is 0. The van der Waals surface area contributed by atoms with Gasteiger partial charge in [0.05, 0.1) is 22.8 Å². The van der Waals surface area contributed by atoms with E-state index >= 15 is 0 Å². The van der Waals surface area contributed by atoms with Crippen molar-refractivity contribution in [3.63, 3.8) is 0 Å². The Bertz CT molecular complexity index is 947. The van der Waals surface area contributed by atoms with Gasteiger partial charge < -0.3 is 0 Å². The van der Waals surface area contributed by atoms with Crippen LogP contribution >= 0.6 is 0 Å². The third kappa shape index (κ3) is 8.07. The fourth-order valence-electron chi connectivity index (χ4n) is 5.57. The summed E-state index contributed by atoms with van der Waals surface area (Å²) >= 11 is 0. The standard InChI is InChI=1S/C34H50N6/c1-9-19-37-23-24-38(20-10-2)28(6)33-17-14-18-34(36-33)30(8)40(22-12-4)26-25-39(21-11-3)29(7)32-16-13-15-31(35-32)27(37)5/h9-18,27-30H,1-4,19-26H2,5-8H3. The number of nitrogens with zero attached hydrogens (tertiary/aromatic N) is 6. The first-order valence-corrected chi connectivity index (χ1v) is 14.7. The van der Waals surface area contributed by atoms with Gasteiger partial charge in [-0.2, -0.15) is 0 Å². The van der Waals surface area contributed by atoms with E-state index in [4.69, 9.17) is 9.97 Å². The zero-order valence-electron chi connectivity index (χ0n) is 25.3. The van der Waals surface area contributed by atoms with Crippen molar-refractivity contribution in [1.29, 1.82) is 0 Å². The van der Waals surface area contributed by atoms with Crippen LogP contribution in [0.25, 0.3) is 0 Å². The number of pyridine rings is 2.